The molecule has 0 amide bonds. The Morgan fingerprint density at radius 2 is 1.95 bits per heavy atom. The van der Waals surface area contributed by atoms with Crippen LogP contribution in [-0.2, 0) is 16.0 Å². The molecule has 1 aromatic carbocycles. The van der Waals surface area contributed by atoms with E-state index in [-0.39, 0.29) is 0 Å². The SMILES string of the molecule is O=C(Cc1cccc(N2CCOCC2)c1)C(F)(F)F. The molecule has 0 spiro atoms. The number of ketones is 1. The molecule has 0 unspecified atom stereocenters. The van der Waals surface area contributed by atoms with Gasteiger partial charge in [-0.25, -0.2) is 0 Å². The normalized spacial score (nSPS) is 16.5. The van der Waals surface area contributed by atoms with Crippen molar-refractivity contribution >= 4 is 11.5 Å². The number of rotatable bonds is 3. The highest BCUT2D eigenvalue weighted by molar-refractivity contribution is 5.86. The number of hydrogen-bond acceptors (Lipinski definition) is 3. The molecule has 1 saturated heterocycles. The second-order valence-corrected chi connectivity index (χ2v) is 4.37. The maximum absolute atomic E-state index is 12.2. The summed E-state index contributed by atoms with van der Waals surface area (Å²) in [5, 5.41) is 0. The van der Waals surface area contributed by atoms with Crippen LogP contribution in [0.2, 0.25) is 0 Å². The van der Waals surface area contributed by atoms with E-state index in [1.807, 2.05) is 11.0 Å². The van der Waals surface area contributed by atoms with E-state index in [4.69, 9.17) is 4.74 Å². The summed E-state index contributed by atoms with van der Waals surface area (Å²) in [5.74, 6) is -1.72. The van der Waals surface area contributed by atoms with Gasteiger partial charge in [-0.3, -0.25) is 4.79 Å². The van der Waals surface area contributed by atoms with Crippen molar-refractivity contribution in [2.24, 2.45) is 0 Å². The first-order valence-corrected chi connectivity index (χ1v) is 5.98. The van der Waals surface area contributed by atoms with Crippen LogP contribution >= 0.6 is 0 Å². The minimum Gasteiger partial charge on any atom is -0.378 e. The molecule has 0 aliphatic carbocycles. The quantitative estimate of drug-likeness (QED) is 0.845. The van der Waals surface area contributed by atoms with Gasteiger partial charge < -0.3 is 9.64 Å². The Labute approximate surface area is 109 Å². The lowest BCUT2D eigenvalue weighted by molar-refractivity contribution is -0.170. The molecule has 1 aliphatic heterocycles. The van der Waals surface area contributed by atoms with E-state index < -0.39 is 18.4 Å². The third-order valence-corrected chi connectivity index (χ3v) is 2.97. The van der Waals surface area contributed by atoms with Crippen LogP contribution in [0.3, 0.4) is 0 Å². The predicted molar refractivity (Wildman–Crippen MR) is 64.2 cm³/mol. The molecule has 3 nitrogen and oxygen atoms in total. The first-order valence-electron chi connectivity index (χ1n) is 5.98. The molecule has 1 heterocycles. The van der Waals surface area contributed by atoms with Gasteiger partial charge in [-0.05, 0) is 17.7 Å². The average molecular weight is 273 g/mol. The largest absolute Gasteiger partial charge is 0.450 e. The molecular weight excluding hydrogens is 259 g/mol. The van der Waals surface area contributed by atoms with Crippen LogP contribution in [0.5, 0.6) is 0 Å². The number of ether oxygens (including phenoxy) is 1. The van der Waals surface area contributed by atoms with Crippen LogP contribution in [0.1, 0.15) is 5.56 Å². The van der Waals surface area contributed by atoms with Gasteiger partial charge in [0.15, 0.2) is 0 Å². The van der Waals surface area contributed by atoms with Crippen molar-refractivity contribution in [3.8, 4) is 0 Å². The first-order chi connectivity index (χ1) is 8.97. The van der Waals surface area contributed by atoms with E-state index in [1.165, 1.54) is 6.07 Å². The summed E-state index contributed by atoms with van der Waals surface area (Å²) in [6, 6.07) is 6.67. The number of Topliss-reactive ketones (excluding diaryl/α,β-unsaturated/α-hetero) is 1. The smallest absolute Gasteiger partial charge is 0.378 e. The number of halogens is 3. The topological polar surface area (TPSA) is 29.5 Å². The van der Waals surface area contributed by atoms with Crippen LogP contribution in [0, 0.1) is 0 Å². The molecule has 1 aromatic rings. The number of anilines is 1. The van der Waals surface area contributed by atoms with E-state index in [2.05, 4.69) is 0 Å². The number of morpholine rings is 1. The molecular formula is C13H14F3NO2. The van der Waals surface area contributed by atoms with Crippen LogP contribution in [0.25, 0.3) is 0 Å². The number of nitrogens with zero attached hydrogens (tertiary/aromatic N) is 1. The molecule has 1 fully saturated rings. The molecule has 0 atom stereocenters. The van der Waals surface area contributed by atoms with Crippen LogP contribution in [0.15, 0.2) is 24.3 Å². The van der Waals surface area contributed by atoms with E-state index in [0.717, 1.165) is 5.69 Å². The number of carbonyl (C=O) groups excluding carboxylic acids is 1. The van der Waals surface area contributed by atoms with Gasteiger partial charge in [-0.15, -0.1) is 0 Å². The Kier molecular flexibility index (Phi) is 4.09. The summed E-state index contributed by atoms with van der Waals surface area (Å²) < 4.78 is 41.9. The van der Waals surface area contributed by atoms with Crippen molar-refractivity contribution in [1.29, 1.82) is 0 Å². The fraction of sp³-hybridized carbons (Fsp3) is 0.462. The number of hydrogen-bond donors (Lipinski definition) is 0. The molecule has 0 saturated carbocycles. The van der Waals surface area contributed by atoms with Gasteiger partial charge in [-0.1, -0.05) is 12.1 Å². The van der Waals surface area contributed by atoms with Gasteiger partial charge in [-0.2, -0.15) is 13.2 Å². The number of alkyl halides is 3. The van der Waals surface area contributed by atoms with Crippen molar-refractivity contribution in [1.82, 2.24) is 0 Å². The van der Waals surface area contributed by atoms with Crippen molar-refractivity contribution in [3.05, 3.63) is 29.8 Å². The maximum Gasteiger partial charge on any atom is 0.450 e. The minimum atomic E-state index is -4.77. The summed E-state index contributed by atoms with van der Waals surface area (Å²) in [6.07, 6.45) is -5.38. The molecule has 0 bridgehead atoms. The number of benzene rings is 1. The highest BCUT2D eigenvalue weighted by atomic mass is 19.4. The van der Waals surface area contributed by atoms with Gasteiger partial charge >= 0.3 is 6.18 Å². The van der Waals surface area contributed by atoms with Crippen molar-refractivity contribution in [2.75, 3.05) is 31.2 Å². The zero-order valence-electron chi connectivity index (χ0n) is 10.2. The van der Waals surface area contributed by atoms with Crippen molar-refractivity contribution < 1.29 is 22.7 Å². The lowest BCUT2D eigenvalue weighted by atomic mass is 10.1. The Balaban J connectivity index is 2.08. The minimum absolute atomic E-state index is 0.381. The van der Waals surface area contributed by atoms with Gasteiger partial charge in [0.05, 0.1) is 13.2 Å². The highest BCUT2D eigenvalue weighted by Crippen LogP contribution is 2.22. The molecule has 0 aromatic heterocycles. The van der Waals surface area contributed by atoms with Gasteiger partial charge in [0, 0.05) is 25.2 Å². The Hall–Kier alpha value is -1.56. The standard InChI is InChI=1S/C13H14F3NO2/c14-13(15,16)12(18)9-10-2-1-3-11(8-10)17-4-6-19-7-5-17/h1-3,8H,4-7,9H2. The fourth-order valence-corrected chi connectivity index (χ4v) is 1.97. The monoisotopic (exact) mass is 273 g/mol. The van der Waals surface area contributed by atoms with Gasteiger partial charge in [0.1, 0.15) is 0 Å². The number of carbonyl (C=O) groups is 1. The van der Waals surface area contributed by atoms with Gasteiger partial charge in [0.2, 0.25) is 5.78 Å². The molecule has 6 heteroatoms. The lowest BCUT2D eigenvalue weighted by Crippen LogP contribution is -2.36. The first kappa shape index (κ1) is 13.9. The van der Waals surface area contributed by atoms with E-state index in [9.17, 15) is 18.0 Å². The van der Waals surface area contributed by atoms with E-state index in [1.54, 1.807) is 12.1 Å². The third kappa shape index (κ3) is 3.70. The van der Waals surface area contributed by atoms with E-state index in [0.29, 0.717) is 31.9 Å². The van der Waals surface area contributed by atoms with Crippen LogP contribution < -0.4 is 4.90 Å². The molecule has 1 aliphatic rings. The summed E-state index contributed by atoms with van der Waals surface area (Å²) >= 11 is 0. The summed E-state index contributed by atoms with van der Waals surface area (Å²) in [5.41, 5.74) is 1.21. The van der Waals surface area contributed by atoms with Crippen molar-refractivity contribution in [3.63, 3.8) is 0 Å². The Morgan fingerprint density at radius 1 is 1.26 bits per heavy atom. The fourth-order valence-electron chi connectivity index (χ4n) is 1.97. The van der Waals surface area contributed by atoms with Gasteiger partial charge in [0.25, 0.3) is 0 Å². The molecule has 104 valence electrons. The maximum atomic E-state index is 12.2. The lowest BCUT2D eigenvalue weighted by Gasteiger charge is -2.29. The van der Waals surface area contributed by atoms with E-state index >= 15 is 0 Å². The molecule has 0 N–H and O–H groups in total. The van der Waals surface area contributed by atoms with Crippen LogP contribution in [-0.4, -0.2) is 38.3 Å². The zero-order chi connectivity index (χ0) is 13.9. The Morgan fingerprint density at radius 3 is 2.58 bits per heavy atom. The van der Waals surface area contributed by atoms with Crippen molar-refractivity contribution in [2.45, 2.75) is 12.6 Å². The second-order valence-electron chi connectivity index (χ2n) is 4.37. The molecule has 0 radical (unpaired) electrons. The third-order valence-electron chi connectivity index (χ3n) is 2.97. The molecule has 2 rings (SSSR count). The summed E-state index contributed by atoms with van der Waals surface area (Å²) in [6.45, 7) is 2.62. The Bertz CT molecular complexity index is 453. The van der Waals surface area contributed by atoms with Crippen LogP contribution in [0.4, 0.5) is 18.9 Å². The molecule has 19 heavy (non-hydrogen) atoms. The second kappa shape index (κ2) is 5.61. The predicted octanol–water partition coefficient (Wildman–Crippen LogP) is 2.20. The highest BCUT2D eigenvalue weighted by Gasteiger charge is 2.37. The summed E-state index contributed by atoms with van der Waals surface area (Å²) in [7, 11) is 0. The summed E-state index contributed by atoms with van der Waals surface area (Å²) in [4.78, 5) is 13.0. The zero-order valence-corrected chi connectivity index (χ0v) is 10.2. The average Bonchev–Trinajstić information content (AvgIpc) is 2.39.